The minimum absolute atomic E-state index is 0.000746. The fourth-order valence-corrected chi connectivity index (χ4v) is 5.15. The Bertz CT molecular complexity index is 904. The summed E-state index contributed by atoms with van der Waals surface area (Å²) in [6, 6.07) is 17.8. The molecule has 1 N–H and O–H groups in total. The van der Waals surface area contributed by atoms with Gasteiger partial charge in [-0.2, -0.15) is 5.10 Å². The molecule has 1 saturated heterocycles. The van der Waals surface area contributed by atoms with Gasteiger partial charge in [0.05, 0.1) is 5.75 Å². The van der Waals surface area contributed by atoms with E-state index < -0.39 is 0 Å². The van der Waals surface area contributed by atoms with Crippen molar-refractivity contribution in [3.63, 3.8) is 0 Å². The lowest BCUT2D eigenvalue weighted by Gasteiger charge is -2.24. The first-order chi connectivity index (χ1) is 14.7. The highest BCUT2D eigenvalue weighted by molar-refractivity contribution is 8.00. The Morgan fingerprint density at radius 1 is 1.03 bits per heavy atom. The van der Waals surface area contributed by atoms with Crippen LogP contribution in [0.1, 0.15) is 59.0 Å². The van der Waals surface area contributed by atoms with E-state index in [1.54, 1.807) is 11.8 Å². The molecule has 1 aliphatic heterocycles. The molecule has 0 radical (unpaired) electrons. The smallest absolute Gasteiger partial charge is 0.271 e. The van der Waals surface area contributed by atoms with Gasteiger partial charge >= 0.3 is 0 Å². The molecule has 0 aromatic heterocycles. The summed E-state index contributed by atoms with van der Waals surface area (Å²) in [6.45, 7) is 0.695. The number of carbonyl (C=O) groups excluding carboxylic acids is 2. The van der Waals surface area contributed by atoms with E-state index in [0.717, 1.165) is 43.4 Å². The van der Waals surface area contributed by atoms with Crippen molar-refractivity contribution in [2.24, 2.45) is 5.10 Å². The molecular formula is C24H27N3O2S. The van der Waals surface area contributed by atoms with Crippen LogP contribution in [0.3, 0.4) is 0 Å². The van der Waals surface area contributed by atoms with E-state index >= 15 is 0 Å². The van der Waals surface area contributed by atoms with Crippen molar-refractivity contribution in [2.45, 2.75) is 43.9 Å². The molecule has 6 heteroatoms. The van der Waals surface area contributed by atoms with Crippen LogP contribution in [0.2, 0.25) is 0 Å². The van der Waals surface area contributed by atoms with Gasteiger partial charge in [0.1, 0.15) is 5.37 Å². The summed E-state index contributed by atoms with van der Waals surface area (Å²) in [6.07, 6.45) is 6.35. The van der Waals surface area contributed by atoms with Crippen LogP contribution in [-0.4, -0.2) is 34.7 Å². The Morgan fingerprint density at radius 3 is 2.50 bits per heavy atom. The standard InChI is InChI=1S/C24H27N3O2S/c28-22-17-30-24(27(22)16-15-18-7-3-1-4-8-18)20-13-11-19(12-14-20)23(29)26-25-21-9-5-2-6-10-21/h1,3-4,7-8,11-14,24H,2,5-6,9-10,15-17H2,(H,26,29)/t24-/m1/s1. The molecule has 0 spiro atoms. The number of hydrogen-bond acceptors (Lipinski definition) is 4. The zero-order chi connectivity index (χ0) is 20.8. The number of hydrazone groups is 1. The second-order valence-corrected chi connectivity index (χ2v) is 8.86. The number of nitrogens with one attached hydrogen (secondary N) is 1. The van der Waals surface area contributed by atoms with Crippen LogP contribution in [-0.2, 0) is 11.2 Å². The topological polar surface area (TPSA) is 61.8 Å². The molecule has 1 atom stereocenters. The minimum Gasteiger partial charge on any atom is -0.326 e. The van der Waals surface area contributed by atoms with Gasteiger partial charge in [-0.25, -0.2) is 5.43 Å². The molecule has 2 aromatic carbocycles. The molecule has 2 fully saturated rings. The molecule has 0 unspecified atom stereocenters. The highest BCUT2D eigenvalue weighted by Crippen LogP contribution is 2.38. The van der Waals surface area contributed by atoms with Crippen molar-refractivity contribution in [3.8, 4) is 0 Å². The molecule has 2 aliphatic rings. The van der Waals surface area contributed by atoms with Crippen molar-refractivity contribution in [1.82, 2.24) is 10.3 Å². The first-order valence-electron chi connectivity index (χ1n) is 10.6. The number of carbonyl (C=O) groups is 2. The number of thioether (sulfide) groups is 1. The van der Waals surface area contributed by atoms with Crippen LogP contribution >= 0.6 is 11.8 Å². The van der Waals surface area contributed by atoms with E-state index in [-0.39, 0.29) is 17.2 Å². The lowest BCUT2D eigenvalue weighted by atomic mass is 9.99. The van der Waals surface area contributed by atoms with Gasteiger partial charge < -0.3 is 4.90 Å². The Balaban J connectivity index is 1.38. The van der Waals surface area contributed by atoms with Crippen molar-refractivity contribution in [2.75, 3.05) is 12.3 Å². The minimum atomic E-state index is -0.185. The molecule has 2 amide bonds. The van der Waals surface area contributed by atoms with E-state index in [1.807, 2.05) is 47.4 Å². The predicted octanol–water partition coefficient (Wildman–Crippen LogP) is 4.55. The summed E-state index contributed by atoms with van der Waals surface area (Å²) in [5, 5.41) is 4.30. The average molecular weight is 422 g/mol. The van der Waals surface area contributed by atoms with Gasteiger partial charge in [0, 0.05) is 17.8 Å². The molecule has 0 bridgehead atoms. The summed E-state index contributed by atoms with van der Waals surface area (Å²) < 4.78 is 0. The summed E-state index contributed by atoms with van der Waals surface area (Å²) in [7, 11) is 0. The second kappa shape index (κ2) is 9.94. The van der Waals surface area contributed by atoms with Crippen LogP contribution in [0.15, 0.2) is 59.7 Å². The molecule has 156 valence electrons. The van der Waals surface area contributed by atoms with Crippen molar-refractivity contribution in [1.29, 1.82) is 0 Å². The molecular weight excluding hydrogens is 394 g/mol. The van der Waals surface area contributed by atoms with Gasteiger partial charge in [-0.1, -0.05) is 48.9 Å². The van der Waals surface area contributed by atoms with Crippen LogP contribution in [0.4, 0.5) is 0 Å². The lowest BCUT2D eigenvalue weighted by molar-refractivity contribution is -0.128. The van der Waals surface area contributed by atoms with Gasteiger partial charge in [-0.3, -0.25) is 9.59 Å². The summed E-state index contributed by atoms with van der Waals surface area (Å²) in [4.78, 5) is 26.8. The summed E-state index contributed by atoms with van der Waals surface area (Å²) in [5.41, 5.74) is 6.64. The molecule has 1 heterocycles. The molecule has 4 rings (SSSR count). The highest BCUT2D eigenvalue weighted by Gasteiger charge is 2.32. The third-order valence-electron chi connectivity index (χ3n) is 5.66. The molecule has 30 heavy (non-hydrogen) atoms. The molecule has 1 aliphatic carbocycles. The third-order valence-corrected chi connectivity index (χ3v) is 6.91. The van der Waals surface area contributed by atoms with Gasteiger partial charge in [-0.15, -0.1) is 11.8 Å². The number of nitrogens with zero attached hydrogens (tertiary/aromatic N) is 2. The van der Waals surface area contributed by atoms with E-state index in [0.29, 0.717) is 17.9 Å². The Labute approximate surface area is 181 Å². The monoisotopic (exact) mass is 421 g/mol. The first-order valence-corrected chi connectivity index (χ1v) is 11.7. The number of hydrogen-bond donors (Lipinski definition) is 1. The van der Waals surface area contributed by atoms with Crippen LogP contribution < -0.4 is 5.43 Å². The maximum absolute atomic E-state index is 12.4. The van der Waals surface area contributed by atoms with Gasteiger partial charge in [0.2, 0.25) is 5.91 Å². The zero-order valence-electron chi connectivity index (χ0n) is 17.0. The van der Waals surface area contributed by atoms with E-state index in [4.69, 9.17) is 0 Å². The highest BCUT2D eigenvalue weighted by atomic mass is 32.2. The van der Waals surface area contributed by atoms with E-state index in [2.05, 4.69) is 22.7 Å². The lowest BCUT2D eigenvalue weighted by Crippen LogP contribution is -2.30. The Morgan fingerprint density at radius 2 is 1.77 bits per heavy atom. The quantitative estimate of drug-likeness (QED) is 0.696. The molecule has 5 nitrogen and oxygen atoms in total. The van der Waals surface area contributed by atoms with Gasteiger partial charge in [0.15, 0.2) is 0 Å². The Hall–Kier alpha value is -2.60. The van der Waals surface area contributed by atoms with Crippen molar-refractivity contribution >= 4 is 29.3 Å². The van der Waals surface area contributed by atoms with Crippen molar-refractivity contribution in [3.05, 3.63) is 71.3 Å². The summed E-state index contributed by atoms with van der Waals surface area (Å²) in [5.74, 6) is 0.487. The number of amides is 2. The largest absolute Gasteiger partial charge is 0.326 e. The van der Waals surface area contributed by atoms with E-state index in [9.17, 15) is 9.59 Å². The van der Waals surface area contributed by atoms with Crippen LogP contribution in [0.5, 0.6) is 0 Å². The van der Waals surface area contributed by atoms with Crippen LogP contribution in [0, 0.1) is 0 Å². The molecule has 2 aromatic rings. The van der Waals surface area contributed by atoms with Gasteiger partial charge in [0.25, 0.3) is 5.91 Å². The first kappa shape index (κ1) is 20.7. The number of rotatable bonds is 6. The SMILES string of the molecule is O=C(NN=C1CCCCC1)c1ccc([C@H]2SCC(=O)N2CCc2ccccc2)cc1. The predicted molar refractivity (Wildman–Crippen MR) is 121 cm³/mol. The van der Waals surface area contributed by atoms with Crippen molar-refractivity contribution < 1.29 is 9.59 Å². The fraction of sp³-hybridized carbons (Fsp3) is 0.375. The zero-order valence-corrected chi connectivity index (χ0v) is 17.9. The Kier molecular flexibility index (Phi) is 6.84. The third kappa shape index (κ3) is 5.11. The van der Waals surface area contributed by atoms with E-state index in [1.165, 1.54) is 12.0 Å². The fourth-order valence-electron chi connectivity index (χ4n) is 3.93. The maximum Gasteiger partial charge on any atom is 0.271 e. The second-order valence-electron chi connectivity index (χ2n) is 7.79. The average Bonchev–Trinajstić information content (AvgIpc) is 3.18. The summed E-state index contributed by atoms with van der Waals surface area (Å²) >= 11 is 1.64. The normalized spacial score (nSPS) is 19.1. The molecule has 1 saturated carbocycles. The van der Waals surface area contributed by atoms with Crippen LogP contribution in [0.25, 0.3) is 0 Å². The maximum atomic E-state index is 12.4. The van der Waals surface area contributed by atoms with Gasteiger partial charge in [-0.05, 0) is 55.4 Å². The number of benzene rings is 2.